The van der Waals surface area contributed by atoms with Crippen LogP contribution in [0.2, 0.25) is 0 Å². The highest BCUT2D eigenvalue weighted by atomic mass is 32.2. The van der Waals surface area contributed by atoms with Gasteiger partial charge >= 0.3 is 5.97 Å². The van der Waals surface area contributed by atoms with Crippen molar-refractivity contribution in [2.45, 2.75) is 25.3 Å². The summed E-state index contributed by atoms with van der Waals surface area (Å²) in [6.45, 7) is 0. The van der Waals surface area contributed by atoms with Crippen molar-refractivity contribution in [3.63, 3.8) is 0 Å². The van der Waals surface area contributed by atoms with Crippen LogP contribution in [0.15, 0.2) is 29.3 Å². The van der Waals surface area contributed by atoms with Crippen molar-refractivity contribution >= 4 is 40.4 Å². The zero-order chi connectivity index (χ0) is 16.7. The van der Waals surface area contributed by atoms with Gasteiger partial charge in [-0.05, 0) is 19.3 Å². The topological polar surface area (TPSA) is 96.6 Å². The number of hydrogen-bond acceptors (Lipinski definition) is 6. The van der Waals surface area contributed by atoms with Crippen molar-refractivity contribution in [1.82, 2.24) is 14.6 Å². The summed E-state index contributed by atoms with van der Waals surface area (Å²) in [5.74, 6) is -0.181. The van der Waals surface area contributed by atoms with E-state index < -0.39 is 5.97 Å². The Labute approximate surface area is 141 Å². The SMILES string of the molecule is O=Cc1cnn2c(NC3CC3)cc(C3=CCC=C(C(=O)O)S3)nc12. The summed E-state index contributed by atoms with van der Waals surface area (Å²) in [6.07, 6.45) is 8.58. The average molecular weight is 342 g/mol. The van der Waals surface area contributed by atoms with Crippen molar-refractivity contribution in [3.05, 3.63) is 40.6 Å². The maximum atomic E-state index is 11.2. The molecule has 0 unspecified atom stereocenters. The molecule has 0 saturated heterocycles. The van der Waals surface area contributed by atoms with Crippen LogP contribution in [0, 0.1) is 0 Å². The first-order valence-corrected chi connectivity index (χ1v) is 8.39. The first-order valence-electron chi connectivity index (χ1n) is 7.58. The molecule has 0 atom stereocenters. The molecule has 3 heterocycles. The Kier molecular flexibility index (Phi) is 3.61. The summed E-state index contributed by atoms with van der Waals surface area (Å²) in [5, 5.41) is 16.8. The molecule has 2 N–H and O–H groups in total. The molecule has 4 rings (SSSR count). The Morgan fingerprint density at radius 3 is 2.96 bits per heavy atom. The first-order chi connectivity index (χ1) is 11.7. The third kappa shape index (κ3) is 2.69. The summed E-state index contributed by atoms with van der Waals surface area (Å²) in [7, 11) is 0. The molecular formula is C16H14N4O3S. The highest BCUT2D eigenvalue weighted by molar-refractivity contribution is 8.12. The fourth-order valence-electron chi connectivity index (χ4n) is 2.49. The molecule has 8 heteroatoms. The number of thioether (sulfide) groups is 1. The maximum Gasteiger partial charge on any atom is 0.342 e. The molecule has 0 radical (unpaired) electrons. The number of carbonyl (C=O) groups is 2. The van der Waals surface area contributed by atoms with E-state index in [2.05, 4.69) is 15.4 Å². The number of rotatable bonds is 5. The van der Waals surface area contributed by atoms with Crippen LogP contribution in [-0.2, 0) is 4.79 Å². The second-order valence-electron chi connectivity index (χ2n) is 5.68. The molecule has 1 aliphatic heterocycles. The normalized spacial score (nSPS) is 17.3. The van der Waals surface area contributed by atoms with E-state index in [-0.39, 0.29) is 4.91 Å². The van der Waals surface area contributed by atoms with Gasteiger partial charge < -0.3 is 10.4 Å². The molecule has 0 spiro atoms. The molecule has 2 aromatic heterocycles. The van der Waals surface area contributed by atoms with E-state index in [1.165, 1.54) is 18.0 Å². The molecule has 1 aliphatic carbocycles. The lowest BCUT2D eigenvalue weighted by molar-refractivity contribution is -0.131. The zero-order valence-electron chi connectivity index (χ0n) is 12.6. The van der Waals surface area contributed by atoms with E-state index in [0.717, 1.165) is 29.9 Å². The van der Waals surface area contributed by atoms with Crippen molar-refractivity contribution in [2.24, 2.45) is 0 Å². The van der Waals surface area contributed by atoms with Gasteiger partial charge in [-0.1, -0.05) is 23.9 Å². The highest BCUT2D eigenvalue weighted by Crippen LogP contribution is 2.38. The molecule has 24 heavy (non-hydrogen) atoms. The third-order valence-corrected chi connectivity index (χ3v) is 5.00. The van der Waals surface area contributed by atoms with Crippen molar-refractivity contribution in [3.8, 4) is 0 Å². The minimum absolute atomic E-state index is 0.287. The van der Waals surface area contributed by atoms with Gasteiger partial charge in [0.25, 0.3) is 0 Å². The smallest absolute Gasteiger partial charge is 0.342 e. The minimum Gasteiger partial charge on any atom is -0.477 e. The second-order valence-corrected chi connectivity index (χ2v) is 6.76. The number of carbonyl (C=O) groups excluding carboxylic acids is 1. The number of aldehydes is 1. The molecule has 0 aromatic carbocycles. The standard InChI is InChI=1S/C16H14N4O3S/c21-8-9-7-17-20-14(18-10-4-5-10)6-11(19-15(9)20)12-2-1-3-13(24-12)16(22)23/h2-3,6-8,10,18H,1,4-5H2,(H,22,23). The van der Waals surface area contributed by atoms with Crippen molar-refractivity contribution in [2.75, 3.05) is 5.32 Å². The van der Waals surface area contributed by atoms with Crippen molar-refractivity contribution in [1.29, 1.82) is 0 Å². The number of anilines is 1. The molecule has 1 fully saturated rings. The Morgan fingerprint density at radius 2 is 2.25 bits per heavy atom. The largest absolute Gasteiger partial charge is 0.477 e. The lowest BCUT2D eigenvalue weighted by atomic mass is 10.2. The molecule has 1 saturated carbocycles. The fourth-order valence-corrected chi connectivity index (χ4v) is 3.38. The molecule has 0 amide bonds. The van der Waals surface area contributed by atoms with Gasteiger partial charge in [0, 0.05) is 17.0 Å². The Hall–Kier alpha value is -2.61. The lowest BCUT2D eigenvalue weighted by Gasteiger charge is -2.14. The summed E-state index contributed by atoms with van der Waals surface area (Å²) < 4.78 is 1.62. The van der Waals surface area contributed by atoms with Crippen LogP contribution in [0.5, 0.6) is 0 Å². The van der Waals surface area contributed by atoms with Crippen LogP contribution < -0.4 is 5.32 Å². The number of aromatic nitrogens is 3. The number of allylic oxidation sites excluding steroid dienone is 2. The average Bonchev–Trinajstić information content (AvgIpc) is 3.31. The lowest BCUT2D eigenvalue weighted by Crippen LogP contribution is -2.09. The van der Waals surface area contributed by atoms with Gasteiger partial charge in [-0.15, -0.1) is 0 Å². The van der Waals surface area contributed by atoms with Crippen molar-refractivity contribution < 1.29 is 14.7 Å². The second kappa shape index (κ2) is 5.79. The van der Waals surface area contributed by atoms with E-state index in [0.29, 0.717) is 29.4 Å². The van der Waals surface area contributed by atoms with Crippen LogP contribution in [0.25, 0.3) is 10.6 Å². The quantitative estimate of drug-likeness (QED) is 0.806. The predicted molar refractivity (Wildman–Crippen MR) is 90.9 cm³/mol. The van der Waals surface area contributed by atoms with Crippen LogP contribution in [-0.4, -0.2) is 38.0 Å². The predicted octanol–water partition coefficient (Wildman–Crippen LogP) is 2.56. The van der Waals surface area contributed by atoms with E-state index >= 15 is 0 Å². The van der Waals surface area contributed by atoms with Crippen LogP contribution in [0.3, 0.4) is 0 Å². The first kappa shape index (κ1) is 14.9. The number of carboxylic acid groups (broad SMARTS) is 1. The Morgan fingerprint density at radius 1 is 1.42 bits per heavy atom. The maximum absolute atomic E-state index is 11.2. The van der Waals surface area contributed by atoms with E-state index in [1.54, 1.807) is 10.6 Å². The van der Waals surface area contributed by atoms with E-state index in [9.17, 15) is 14.7 Å². The zero-order valence-corrected chi connectivity index (χ0v) is 13.4. The van der Waals surface area contributed by atoms with Gasteiger partial charge in [-0.25, -0.2) is 9.78 Å². The number of fused-ring (bicyclic) bond motifs is 1. The van der Waals surface area contributed by atoms with Crippen LogP contribution in [0.4, 0.5) is 5.82 Å². The third-order valence-electron chi connectivity index (χ3n) is 3.85. The summed E-state index contributed by atoms with van der Waals surface area (Å²) >= 11 is 1.17. The van der Waals surface area contributed by atoms with E-state index in [1.807, 2.05) is 12.1 Å². The Balaban J connectivity index is 1.78. The fraction of sp³-hybridized carbons (Fsp3) is 0.250. The molecule has 122 valence electrons. The Bertz CT molecular complexity index is 911. The minimum atomic E-state index is -0.944. The molecule has 2 aromatic rings. The van der Waals surface area contributed by atoms with E-state index in [4.69, 9.17) is 0 Å². The summed E-state index contributed by atoms with van der Waals surface area (Å²) in [6, 6.07) is 2.27. The summed E-state index contributed by atoms with van der Waals surface area (Å²) in [5.41, 5.74) is 1.52. The molecule has 2 aliphatic rings. The van der Waals surface area contributed by atoms with Gasteiger partial charge in [0.05, 0.1) is 22.4 Å². The monoisotopic (exact) mass is 342 g/mol. The molecule has 7 nitrogen and oxygen atoms in total. The van der Waals surface area contributed by atoms with Gasteiger partial charge in [0.1, 0.15) is 5.82 Å². The van der Waals surface area contributed by atoms with Gasteiger partial charge in [0.15, 0.2) is 11.9 Å². The van der Waals surface area contributed by atoms with Crippen LogP contribution >= 0.6 is 11.8 Å². The van der Waals surface area contributed by atoms with Crippen LogP contribution in [0.1, 0.15) is 35.3 Å². The van der Waals surface area contributed by atoms with Gasteiger partial charge in [0.2, 0.25) is 0 Å². The number of nitrogens with one attached hydrogen (secondary N) is 1. The van der Waals surface area contributed by atoms with Gasteiger partial charge in [-0.2, -0.15) is 9.61 Å². The number of nitrogens with zero attached hydrogens (tertiary/aromatic N) is 3. The number of hydrogen-bond donors (Lipinski definition) is 2. The number of carboxylic acids is 1. The molecule has 0 bridgehead atoms. The number of aliphatic carboxylic acids is 1. The summed E-state index contributed by atoms with van der Waals surface area (Å²) in [4.78, 5) is 28.0. The van der Waals surface area contributed by atoms with Gasteiger partial charge in [-0.3, -0.25) is 4.79 Å². The highest BCUT2D eigenvalue weighted by Gasteiger charge is 2.24. The molecular weight excluding hydrogens is 328 g/mol.